The van der Waals surface area contributed by atoms with Gasteiger partial charge in [-0.05, 0) is 31.4 Å². The van der Waals surface area contributed by atoms with Crippen LogP contribution >= 0.6 is 24.0 Å². The van der Waals surface area contributed by atoms with Crippen LogP contribution in [0.5, 0.6) is 0 Å². The number of carbonyl (C=O) groups excluding carboxylic acids is 1. The van der Waals surface area contributed by atoms with E-state index in [1.807, 2.05) is 29.2 Å². The number of rotatable bonds is 1. The van der Waals surface area contributed by atoms with Gasteiger partial charge in [0.25, 0.3) is 5.91 Å². The van der Waals surface area contributed by atoms with Crippen molar-refractivity contribution in [2.75, 3.05) is 13.1 Å². The van der Waals surface area contributed by atoms with Crippen LogP contribution in [0.3, 0.4) is 0 Å². The highest BCUT2D eigenvalue weighted by Crippen LogP contribution is 2.15. The molecule has 0 saturated carbocycles. The van der Waals surface area contributed by atoms with Crippen LogP contribution in [-0.4, -0.2) is 33.9 Å². The monoisotopic (exact) mass is 357 g/mol. The number of carbonyl (C=O) groups is 1. The summed E-state index contributed by atoms with van der Waals surface area (Å²) in [5.41, 5.74) is 1.78. The fourth-order valence-corrected chi connectivity index (χ4v) is 2.30. The Kier molecular flexibility index (Phi) is 4.21. The maximum Gasteiger partial charge on any atom is 0.289 e. The quantitative estimate of drug-likeness (QED) is 0.798. The minimum atomic E-state index is 0. The van der Waals surface area contributed by atoms with Crippen molar-refractivity contribution >= 4 is 40.9 Å². The van der Waals surface area contributed by atoms with E-state index in [1.165, 1.54) is 6.42 Å². The molecular weight excluding hydrogens is 341 g/mol. The zero-order valence-electron chi connectivity index (χ0n) is 10.1. The largest absolute Gasteiger partial charge is 0.336 e. The standard InChI is InChI=1S/C13H15N3O.HI/c17-13(16-8-4-1-5-9-16)12-14-10-6-2-3-7-11(10)15-12;/h2-3,6-7H,1,4-5,8-9H2,(H,14,15);1H. The highest BCUT2D eigenvalue weighted by Gasteiger charge is 2.20. The minimum Gasteiger partial charge on any atom is -0.336 e. The predicted octanol–water partition coefficient (Wildman–Crippen LogP) is 2.81. The van der Waals surface area contributed by atoms with Crippen LogP contribution in [0.25, 0.3) is 11.0 Å². The maximum absolute atomic E-state index is 12.2. The number of aromatic nitrogens is 2. The molecular formula is C13H16IN3O. The summed E-state index contributed by atoms with van der Waals surface area (Å²) in [5.74, 6) is 0.494. The molecule has 3 rings (SSSR count). The molecule has 1 aliphatic rings. The number of nitrogens with zero attached hydrogens (tertiary/aromatic N) is 2. The molecule has 0 atom stereocenters. The van der Waals surface area contributed by atoms with Crippen LogP contribution in [0.4, 0.5) is 0 Å². The number of imidazole rings is 1. The fraction of sp³-hybridized carbons (Fsp3) is 0.385. The molecule has 18 heavy (non-hydrogen) atoms. The number of nitrogens with one attached hydrogen (secondary N) is 1. The number of amides is 1. The maximum atomic E-state index is 12.2. The summed E-state index contributed by atoms with van der Waals surface area (Å²) in [4.78, 5) is 21.5. The van der Waals surface area contributed by atoms with Gasteiger partial charge in [0.05, 0.1) is 11.0 Å². The first-order chi connectivity index (χ1) is 8.34. The number of benzene rings is 1. The van der Waals surface area contributed by atoms with Gasteiger partial charge >= 0.3 is 0 Å². The Balaban J connectivity index is 0.00000120. The average molecular weight is 357 g/mol. The van der Waals surface area contributed by atoms with Gasteiger partial charge in [-0.2, -0.15) is 0 Å². The van der Waals surface area contributed by atoms with Gasteiger partial charge in [-0.25, -0.2) is 4.98 Å². The van der Waals surface area contributed by atoms with Crippen LogP contribution in [0, 0.1) is 0 Å². The highest BCUT2D eigenvalue weighted by atomic mass is 127. The molecule has 4 nitrogen and oxygen atoms in total. The van der Waals surface area contributed by atoms with Crippen LogP contribution < -0.4 is 0 Å². The van der Waals surface area contributed by atoms with Crippen molar-refractivity contribution in [1.82, 2.24) is 14.9 Å². The van der Waals surface area contributed by atoms with Crippen molar-refractivity contribution in [3.05, 3.63) is 30.1 Å². The number of likely N-dealkylation sites (tertiary alicyclic amines) is 1. The second-order valence-corrected chi connectivity index (χ2v) is 4.46. The first-order valence-corrected chi connectivity index (χ1v) is 6.08. The Hall–Kier alpha value is -1.11. The number of para-hydroxylation sites is 2. The van der Waals surface area contributed by atoms with E-state index in [1.54, 1.807) is 0 Å². The molecule has 1 fully saturated rings. The summed E-state index contributed by atoms with van der Waals surface area (Å²) in [6, 6.07) is 7.72. The van der Waals surface area contributed by atoms with E-state index in [0.717, 1.165) is 37.0 Å². The van der Waals surface area contributed by atoms with Gasteiger partial charge in [0.1, 0.15) is 0 Å². The Morgan fingerprint density at radius 3 is 2.61 bits per heavy atom. The highest BCUT2D eigenvalue weighted by molar-refractivity contribution is 14.0. The van der Waals surface area contributed by atoms with E-state index >= 15 is 0 Å². The molecule has 1 saturated heterocycles. The molecule has 0 aliphatic carbocycles. The van der Waals surface area contributed by atoms with Crippen LogP contribution in [0.15, 0.2) is 24.3 Å². The van der Waals surface area contributed by atoms with Crippen molar-refractivity contribution in [3.8, 4) is 0 Å². The molecule has 0 spiro atoms. The number of piperidine rings is 1. The first-order valence-electron chi connectivity index (χ1n) is 6.08. The van der Waals surface area contributed by atoms with Gasteiger partial charge < -0.3 is 9.88 Å². The average Bonchev–Trinajstić information content (AvgIpc) is 2.82. The number of aromatic amines is 1. The smallest absolute Gasteiger partial charge is 0.289 e. The molecule has 0 unspecified atom stereocenters. The third-order valence-electron chi connectivity index (χ3n) is 3.24. The topological polar surface area (TPSA) is 49.0 Å². The lowest BCUT2D eigenvalue weighted by Gasteiger charge is -2.25. The third kappa shape index (κ3) is 2.50. The summed E-state index contributed by atoms with van der Waals surface area (Å²) >= 11 is 0. The minimum absolute atomic E-state index is 0. The Morgan fingerprint density at radius 2 is 1.89 bits per heavy atom. The zero-order chi connectivity index (χ0) is 11.7. The molecule has 1 aliphatic heterocycles. The van der Waals surface area contributed by atoms with Crippen molar-refractivity contribution in [2.45, 2.75) is 19.3 Å². The summed E-state index contributed by atoms with van der Waals surface area (Å²) in [6.07, 6.45) is 3.43. The summed E-state index contributed by atoms with van der Waals surface area (Å²) < 4.78 is 0. The van der Waals surface area contributed by atoms with E-state index in [2.05, 4.69) is 9.97 Å². The van der Waals surface area contributed by atoms with Crippen molar-refractivity contribution < 1.29 is 4.79 Å². The lowest BCUT2D eigenvalue weighted by atomic mass is 10.1. The number of hydrogen-bond donors (Lipinski definition) is 1. The molecule has 0 bridgehead atoms. The number of H-pyrrole nitrogens is 1. The molecule has 1 N–H and O–H groups in total. The van der Waals surface area contributed by atoms with E-state index in [0.29, 0.717) is 5.82 Å². The number of hydrogen-bond acceptors (Lipinski definition) is 2. The predicted molar refractivity (Wildman–Crippen MR) is 81.3 cm³/mol. The van der Waals surface area contributed by atoms with Crippen LogP contribution in [-0.2, 0) is 0 Å². The normalized spacial score (nSPS) is 15.4. The Morgan fingerprint density at radius 1 is 1.17 bits per heavy atom. The fourth-order valence-electron chi connectivity index (χ4n) is 2.30. The molecule has 1 aromatic carbocycles. The lowest BCUT2D eigenvalue weighted by molar-refractivity contribution is 0.0713. The molecule has 96 valence electrons. The summed E-state index contributed by atoms with van der Waals surface area (Å²) in [5, 5.41) is 0. The van der Waals surface area contributed by atoms with Crippen molar-refractivity contribution in [2.24, 2.45) is 0 Å². The van der Waals surface area contributed by atoms with E-state index < -0.39 is 0 Å². The van der Waals surface area contributed by atoms with Gasteiger partial charge in [-0.3, -0.25) is 4.79 Å². The van der Waals surface area contributed by atoms with E-state index in [9.17, 15) is 4.79 Å². The summed E-state index contributed by atoms with van der Waals surface area (Å²) in [7, 11) is 0. The second-order valence-electron chi connectivity index (χ2n) is 4.46. The van der Waals surface area contributed by atoms with Crippen molar-refractivity contribution in [1.29, 1.82) is 0 Å². The Labute approximate surface area is 123 Å². The molecule has 2 heterocycles. The molecule has 1 aromatic heterocycles. The third-order valence-corrected chi connectivity index (χ3v) is 3.24. The number of halogens is 1. The van der Waals surface area contributed by atoms with Crippen LogP contribution in [0.1, 0.15) is 29.9 Å². The lowest BCUT2D eigenvalue weighted by Crippen LogP contribution is -2.36. The van der Waals surface area contributed by atoms with Gasteiger partial charge in [0, 0.05) is 13.1 Å². The molecule has 2 aromatic rings. The van der Waals surface area contributed by atoms with Gasteiger partial charge in [0.2, 0.25) is 0 Å². The first kappa shape index (κ1) is 13.3. The van der Waals surface area contributed by atoms with Crippen molar-refractivity contribution in [3.63, 3.8) is 0 Å². The van der Waals surface area contributed by atoms with Gasteiger partial charge in [-0.15, -0.1) is 24.0 Å². The van der Waals surface area contributed by atoms with E-state index in [-0.39, 0.29) is 29.9 Å². The SMILES string of the molecule is I.O=C(c1nc2ccccc2[nH]1)N1CCCCC1. The Bertz CT molecular complexity index is 513. The van der Waals surface area contributed by atoms with Crippen LogP contribution in [0.2, 0.25) is 0 Å². The zero-order valence-corrected chi connectivity index (χ0v) is 12.4. The van der Waals surface area contributed by atoms with Gasteiger partial charge in [-0.1, -0.05) is 12.1 Å². The molecule has 5 heteroatoms. The number of fused-ring (bicyclic) bond motifs is 1. The molecule has 0 radical (unpaired) electrons. The molecule has 1 amide bonds. The summed E-state index contributed by atoms with van der Waals surface area (Å²) in [6.45, 7) is 1.71. The van der Waals surface area contributed by atoms with Gasteiger partial charge in [0.15, 0.2) is 5.82 Å². The van der Waals surface area contributed by atoms with E-state index in [4.69, 9.17) is 0 Å². The second kappa shape index (κ2) is 5.69.